The molecule has 1 amide bonds. The Morgan fingerprint density at radius 2 is 2.18 bits per heavy atom. The summed E-state index contributed by atoms with van der Waals surface area (Å²) < 4.78 is 31.9. The minimum Gasteiger partial charge on any atom is -0.444 e. The lowest BCUT2D eigenvalue weighted by molar-refractivity contribution is 0.0165. The number of carbonyl (C=O) groups is 1. The number of hydrogen-bond donors (Lipinski definition) is 0. The monoisotopic (exact) mass is 312 g/mol. The molecule has 0 saturated carbocycles. The van der Waals surface area contributed by atoms with Gasteiger partial charge in [-0.05, 0) is 46.0 Å². The molecule has 122 valence electrons. The molecular formula is C16H22F2N2O2. The first-order valence-corrected chi connectivity index (χ1v) is 7.52. The molecule has 1 aliphatic rings. The van der Waals surface area contributed by atoms with Crippen LogP contribution in [0.3, 0.4) is 0 Å². The number of ether oxygens (including phenoxy) is 1. The standard InChI is InChI=1S/C16H22F2N2O2/c1-16(2,3)22-15(21)20-6-4-5-11(10-20)7-14-13(18)8-12(17)9-19-14/h8-9,11H,4-7,10H2,1-3H3. The summed E-state index contributed by atoms with van der Waals surface area (Å²) in [4.78, 5) is 17.6. The molecule has 0 bridgehead atoms. The van der Waals surface area contributed by atoms with Crippen molar-refractivity contribution in [1.82, 2.24) is 9.88 Å². The van der Waals surface area contributed by atoms with Crippen molar-refractivity contribution in [2.75, 3.05) is 13.1 Å². The third kappa shape index (κ3) is 4.64. The van der Waals surface area contributed by atoms with Gasteiger partial charge in [-0.3, -0.25) is 4.98 Å². The van der Waals surface area contributed by atoms with Gasteiger partial charge in [0.2, 0.25) is 0 Å². The third-order valence-corrected chi connectivity index (χ3v) is 3.54. The van der Waals surface area contributed by atoms with E-state index in [4.69, 9.17) is 4.74 Å². The summed E-state index contributed by atoms with van der Waals surface area (Å²) in [6, 6.07) is 0.844. The van der Waals surface area contributed by atoms with Crippen LogP contribution < -0.4 is 0 Å². The summed E-state index contributed by atoms with van der Waals surface area (Å²) in [5.41, 5.74) is -0.285. The number of amides is 1. The SMILES string of the molecule is CC(C)(C)OC(=O)N1CCCC(Cc2ncc(F)cc2F)C1. The van der Waals surface area contributed by atoms with E-state index < -0.39 is 17.2 Å². The number of rotatable bonds is 2. The van der Waals surface area contributed by atoms with E-state index in [1.165, 1.54) is 0 Å². The zero-order chi connectivity index (χ0) is 16.3. The van der Waals surface area contributed by atoms with Crippen molar-refractivity contribution in [1.29, 1.82) is 0 Å². The molecule has 0 aromatic carbocycles. The average Bonchev–Trinajstić information content (AvgIpc) is 2.40. The largest absolute Gasteiger partial charge is 0.444 e. The molecule has 1 unspecified atom stereocenters. The van der Waals surface area contributed by atoms with Gasteiger partial charge in [0.05, 0.1) is 11.9 Å². The van der Waals surface area contributed by atoms with Crippen molar-refractivity contribution in [2.24, 2.45) is 5.92 Å². The fourth-order valence-corrected chi connectivity index (χ4v) is 2.59. The molecule has 1 aliphatic heterocycles. The maximum Gasteiger partial charge on any atom is 0.410 e. The third-order valence-electron chi connectivity index (χ3n) is 3.54. The average molecular weight is 312 g/mol. The maximum atomic E-state index is 13.7. The number of halogens is 2. The Balaban J connectivity index is 1.97. The van der Waals surface area contributed by atoms with Crippen LogP contribution in [0.5, 0.6) is 0 Å². The number of pyridine rings is 1. The van der Waals surface area contributed by atoms with Gasteiger partial charge in [0.1, 0.15) is 17.2 Å². The topological polar surface area (TPSA) is 42.4 Å². The molecule has 0 N–H and O–H groups in total. The smallest absolute Gasteiger partial charge is 0.410 e. The number of nitrogens with zero attached hydrogens (tertiary/aromatic N) is 2. The van der Waals surface area contributed by atoms with Crippen LogP contribution >= 0.6 is 0 Å². The summed E-state index contributed by atoms with van der Waals surface area (Å²) in [5, 5.41) is 0. The molecular weight excluding hydrogens is 290 g/mol. The first kappa shape index (κ1) is 16.6. The lowest BCUT2D eigenvalue weighted by Crippen LogP contribution is -2.43. The van der Waals surface area contributed by atoms with Gasteiger partial charge in [-0.1, -0.05) is 0 Å². The van der Waals surface area contributed by atoms with E-state index >= 15 is 0 Å². The summed E-state index contributed by atoms with van der Waals surface area (Å²) in [6.45, 7) is 6.62. The Labute approximate surface area is 129 Å². The van der Waals surface area contributed by atoms with Crippen molar-refractivity contribution in [3.8, 4) is 0 Å². The molecule has 0 aliphatic carbocycles. The zero-order valence-electron chi connectivity index (χ0n) is 13.2. The molecule has 1 aromatic rings. The van der Waals surface area contributed by atoms with Gasteiger partial charge in [-0.2, -0.15) is 0 Å². The van der Waals surface area contributed by atoms with Gasteiger partial charge in [0.15, 0.2) is 0 Å². The van der Waals surface area contributed by atoms with E-state index in [0.717, 1.165) is 25.1 Å². The van der Waals surface area contributed by atoms with Crippen LogP contribution in [0, 0.1) is 17.6 Å². The number of likely N-dealkylation sites (tertiary alicyclic amines) is 1. The summed E-state index contributed by atoms with van der Waals surface area (Å²) in [6.07, 6.45) is 2.80. The van der Waals surface area contributed by atoms with Crippen molar-refractivity contribution in [3.05, 3.63) is 29.6 Å². The van der Waals surface area contributed by atoms with Gasteiger partial charge in [0, 0.05) is 19.2 Å². The molecule has 22 heavy (non-hydrogen) atoms. The highest BCUT2D eigenvalue weighted by Gasteiger charge is 2.28. The highest BCUT2D eigenvalue weighted by Crippen LogP contribution is 2.23. The molecule has 1 aromatic heterocycles. The molecule has 1 fully saturated rings. The summed E-state index contributed by atoms with van der Waals surface area (Å²) in [7, 11) is 0. The molecule has 1 saturated heterocycles. The quantitative estimate of drug-likeness (QED) is 0.838. The van der Waals surface area contributed by atoms with E-state index in [2.05, 4.69) is 4.98 Å². The van der Waals surface area contributed by atoms with Gasteiger partial charge in [-0.15, -0.1) is 0 Å². The Bertz CT molecular complexity index is 543. The van der Waals surface area contributed by atoms with E-state index in [1.54, 1.807) is 4.90 Å². The second-order valence-electron chi connectivity index (χ2n) is 6.72. The van der Waals surface area contributed by atoms with Gasteiger partial charge in [0.25, 0.3) is 0 Å². The Morgan fingerprint density at radius 3 is 2.82 bits per heavy atom. The van der Waals surface area contributed by atoms with Crippen LogP contribution in [0.25, 0.3) is 0 Å². The minimum absolute atomic E-state index is 0.105. The predicted molar refractivity (Wildman–Crippen MR) is 78.4 cm³/mol. The van der Waals surface area contributed by atoms with Crippen LogP contribution in [0.4, 0.5) is 13.6 Å². The summed E-state index contributed by atoms with van der Waals surface area (Å²) in [5.74, 6) is -1.21. The molecule has 0 radical (unpaired) electrons. The molecule has 2 rings (SSSR count). The molecule has 4 nitrogen and oxygen atoms in total. The van der Waals surface area contributed by atoms with Gasteiger partial charge >= 0.3 is 6.09 Å². The Hall–Kier alpha value is -1.72. The van der Waals surface area contributed by atoms with E-state index in [1.807, 2.05) is 20.8 Å². The second-order valence-corrected chi connectivity index (χ2v) is 6.72. The highest BCUT2D eigenvalue weighted by molar-refractivity contribution is 5.68. The van der Waals surface area contributed by atoms with Crippen LogP contribution in [0.2, 0.25) is 0 Å². The Morgan fingerprint density at radius 1 is 1.45 bits per heavy atom. The van der Waals surface area contributed by atoms with Crippen LogP contribution in [0.1, 0.15) is 39.3 Å². The van der Waals surface area contributed by atoms with E-state index in [9.17, 15) is 13.6 Å². The van der Waals surface area contributed by atoms with Crippen LogP contribution in [-0.4, -0.2) is 34.7 Å². The van der Waals surface area contributed by atoms with Gasteiger partial charge in [-0.25, -0.2) is 13.6 Å². The molecule has 1 atom stereocenters. The number of aromatic nitrogens is 1. The first-order valence-electron chi connectivity index (χ1n) is 7.52. The van der Waals surface area contributed by atoms with Crippen molar-refractivity contribution >= 4 is 6.09 Å². The Kier molecular flexibility index (Phi) is 4.98. The normalized spacial score (nSPS) is 19.1. The molecule has 6 heteroatoms. The minimum atomic E-state index is -0.680. The van der Waals surface area contributed by atoms with E-state index in [-0.39, 0.29) is 17.7 Å². The highest BCUT2D eigenvalue weighted by atomic mass is 19.1. The van der Waals surface area contributed by atoms with Crippen molar-refractivity contribution < 1.29 is 18.3 Å². The lowest BCUT2D eigenvalue weighted by Gasteiger charge is -2.34. The van der Waals surface area contributed by atoms with Gasteiger partial charge < -0.3 is 9.64 Å². The van der Waals surface area contributed by atoms with Crippen LogP contribution in [0.15, 0.2) is 12.3 Å². The van der Waals surface area contributed by atoms with E-state index in [0.29, 0.717) is 19.5 Å². The van der Waals surface area contributed by atoms with Crippen molar-refractivity contribution in [3.63, 3.8) is 0 Å². The zero-order valence-corrected chi connectivity index (χ0v) is 13.2. The first-order chi connectivity index (χ1) is 10.2. The molecule has 0 spiro atoms. The second kappa shape index (κ2) is 6.58. The maximum absolute atomic E-state index is 13.7. The number of carbonyl (C=O) groups excluding carboxylic acids is 1. The number of hydrogen-bond acceptors (Lipinski definition) is 3. The predicted octanol–water partition coefficient (Wildman–Crippen LogP) is 3.55. The van der Waals surface area contributed by atoms with Crippen molar-refractivity contribution in [2.45, 2.75) is 45.6 Å². The lowest BCUT2D eigenvalue weighted by atomic mass is 9.93. The molecule has 2 heterocycles. The fourth-order valence-electron chi connectivity index (χ4n) is 2.59. The van der Waals surface area contributed by atoms with Crippen LogP contribution in [-0.2, 0) is 11.2 Å². The fraction of sp³-hybridized carbons (Fsp3) is 0.625. The number of piperidine rings is 1. The summed E-state index contributed by atoms with van der Waals surface area (Å²) >= 11 is 0.